The summed E-state index contributed by atoms with van der Waals surface area (Å²) < 4.78 is 44.6. The number of methoxy groups -OCH3 is 1. The summed E-state index contributed by atoms with van der Waals surface area (Å²) in [5.41, 5.74) is -0.472. The zero-order valence-electron chi connectivity index (χ0n) is 12.8. The Balaban J connectivity index is 1.93. The molecule has 3 aromatic rings. The molecule has 0 saturated carbocycles. The first kappa shape index (κ1) is 17.1. The minimum Gasteiger partial charge on any atom is -0.497 e. The molecule has 0 unspecified atom stereocenters. The molecule has 0 saturated heterocycles. The van der Waals surface area contributed by atoms with E-state index >= 15 is 0 Å². The van der Waals surface area contributed by atoms with Crippen molar-refractivity contribution in [1.29, 1.82) is 0 Å². The predicted molar refractivity (Wildman–Crippen MR) is 86.2 cm³/mol. The molecule has 3 rings (SSSR count). The molecule has 130 valence electrons. The van der Waals surface area contributed by atoms with Gasteiger partial charge < -0.3 is 14.5 Å². The maximum absolute atomic E-state index is 12.8. The molecule has 1 aromatic carbocycles. The van der Waals surface area contributed by atoms with Gasteiger partial charge in [0.05, 0.1) is 17.7 Å². The summed E-state index contributed by atoms with van der Waals surface area (Å²) >= 11 is 5.85. The van der Waals surface area contributed by atoms with Gasteiger partial charge in [-0.05, 0) is 18.2 Å². The second kappa shape index (κ2) is 6.29. The smallest absolute Gasteiger partial charge is 0.417 e. The molecule has 0 radical (unpaired) electrons. The summed E-state index contributed by atoms with van der Waals surface area (Å²) in [7, 11) is 1.49. The number of aromatic nitrogens is 2. The van der Waals surface area contributed by atoms with Crippen LogP contribution in [0.3, 0.4) is 0 Å². The standard InChI is InChI=1S/C16H11ClF3N3O2/c1-25-11-4-2-3-10(6-11)21-15(24)13-8-23-7-9(16(18,19)20)5-12(17)14(23)22-13/h2-8H,1H3,(H,21,24). The van der Waals surface area contributed by atoms with Crippen LogP contribution in [0, 0.1) is 0 Å². The summed E-state index contributed by atoms with van der Waals surface area (Å²) in [5.74, 6) is -0.0350. The molecule has 0 fully saturated rings. The monoisotopic (exact) mass is 369 g/mol. The SMILES string of the molecule is COc1cccc(NC(=O)c2cn3cc(C(F)(F)F)cc(Cl)c3n2)c1. The van der Waals surface area contributed by atoms with Gasteiger partial charge >= 0.3 is 6.18 Å². The van der Waals surface area contributed by atoms with Crippen molar-refractivity contribution < 1.29 is 22.7 Å². The number of pyridine rings is 1. The molecule has 5 nitrogen and oxygen atoms in total. The van der Waals surface area contributed by atoms with Gasteiger partial charge in [0.25, 0.3) is 5.91 Å². The number of rotatable bonds is 3. The molecule has 2 aromatic heterocycles. The van der Waals surface area contributed by atoms with E-state index < -0.39 is 17.6 Å². The first-order valence-electron chi connectivity index (χ1n) is 6.99. The summed E-state index contributed by atoms with van der Waals surface area (Å²) in [6.07, 6.45) is -2.53. The lowest BCUT2D eigenvalue weighted by atomic mass is 10.3. The Bertz CT molecular complexity index is 953. The number of amides is 1. The van der Waals surface area contributed by atoms with Crippen molar-refractivity contribution in [1.82, 2.24) is 9.38 Å². The number of hydrogen-bond donors (Lipinski definition) is 1. The summed E-state index contributed by atoms with van der Waals surface area (Å²) in [6, 6.07) is 7.41. The molecule has 0 bridgehead atoms. The number of nitrogens with one attached hydrogen (secondary N) is 1. The highest BCUT2D eigenvalue weighted by Crippen LogP contribution is 2.32. The summed E-state index contributed by atoms with van der Waals surface area (Å²) in [5, 5.41) is 2.40. The number of carbonyl (C=O) groups excluding carboxylic acids is 1. The van der Waals surface area contributed by atoms with E-state index in [0.29, 0.717) is 11.4 Å². The van der Waals surface area contributed by atoms with E-state index in [1.165, 1.54) is 13.3 Å². The van der Waals surface area contributed by atoms with Crippen molar-refractivity contribution in [2.24, 2.45) is 0 Å². The summed E-state index contributed by atoms with van der Waals surface area (Å²) in [6.45, 7) is 0. The lowest BCUT2D eigenvalue weighted by molar-refractivity contribution is -0.137. The number of anilines is 1. The number of fused-ring (bicyclic) bond motifs is 1. The molecule has 1 amide bonds. The fourth-order valence-corrected chi connectivity index (χ4v) is 2.47. The van der Waals surface area contributed by atoms with Crippen LogP contribution in [0.5, 0.6) is 5.75 Å². The number of ether oxygens (including phenoxy) is 1. The van der Waals surface area contributed by atoms with Gasteiger partial charge in [0, 0.05) is 24.1 Å². The number of halogens is 4. The molecule has 9 heteroatoms. The third kappa shape index (κ3) is 3.53. The fraction of sp³-hybridized carbons (Fsp3) is 0.125. The van der Waals surface area contributed by atoms with Crippen LogP contribution >= 0.6 is 11.6 Å². The number of hydrogen-bond acceptors (Lipinski definition) is 3. The normalized spacial score (nSPS) is 11.6. The van der Waals surface area contributed by atoms with E-state index in [9.17, 15) is 18.0 Å². The molecule has 0 aliphatic heterocycles. The van der Waals surface area contributed by atoms with Gasteiger partial charge in [0.1, 0.15) is 11.4 Å². The number of alkyl halides is 3. The number of benzene rings is 1. The average molecular weight is 370 g/mol. The van der Waals surface area contributed by atoms with Gasteiger partial charge in [-0.2, -0.15) is 13.2 Å². The minimum atomic E-state index is -4.55. The first-order chi connectivity index (χ1) is 11.8. The Hall–Kier alpha value is -2.74. The van der Waals surface area contributed by atoms with E-state index in [1.807, 2.05) is 0 Å². The van der Waals surface area contributed by atoms with Crippen LogP contribution < -0.4 is 10.1 Å². The van der Waals surface area contributed by atoms with Crippen LogP contribution in [0.1, 0.15) is 16.1 Å². The maximum Gasteiger partial charge on any atom is 0.417 e. The lowest BCUT2D eigenvalue weighted by Crippen LogP contribution is -2.12. The molecule has 0 aliphatic carbocycles. The van der Waals surface area contributed by atoms with Crippen LogP contribution in [0.4, 0.5) is 18.9 Å². The van der Waals surface area contributed by atoms with Gasteiger partial charge in [-0.25, -0.2) is 4.98 Å². The highest BCUT2D eigenvalue weighted by Gasteiger charge is 2.32. The van der Waals surface area contributed by atoms with E-state index in [2.05, 4.69) is 10.3 Å². The van der Waals surface area contributed by atoms with E-state index in [1.54, 1.807) is 24.3 Å². The molecule has 1 N–H and O–H groups in total. The maximum atomic E-state index is 12.8. The second-order valence-electron chi connectivity index (χ2n) is 5.12. The minimum absolute atomic E-state index is 0.0606. The lowest BCUT2D eigenvalue weighted by Gasteiger charge is -2.07. The van der Waals surface area contributed by atoms with Crippen molar-refractivity contribution in [2.75, 3.05) is 12.4 Å². The molecule has 0 spiro atoms. The highest BCUT2D eigenvalue weighted by molar-refractivity contribution is 6.33. The van der Waals surface area contributed by atoms with Gasteiger partial charge in [-0.15, -0.1) is 0 Å². The van der Waals surface area contributed by atoms with Crippen molar-refractivity contribution in [3.63, 3.8) is 0 Å². The van der Waals surface area contributed by atoms with E-state index in [0.717, 1.165) is 16.7 Å². The number of carbonyl (C=O) groups is 1. The molecule has 25 heavy (non-hydrogen) atoms. The van der Waals surface area contributed by atoms with Crippen molar-refractivity contribution in [3.05, 3.63) is 59.0 Å². The Morgan fingerprint density at radius 1 is 1.28 bits per heavy atom. The van der Waals surface area contributed by atoms with Crippen LogP contribution in [0.25, 0.3) is 5.65 Å². The Kier molecular flexibility index (Phi) is 4.30. The van der Waals surface area contributed by atoms with Gasteiger partial charge in [0.15, 0.2) is 5.65 Å². The van der Waals surface area contributed by atoms with Crippen LogP contribution in [0.15, 0.2) is 42.7 Å². The fourth-order valence-electron chi connectivity index (χ4n) is 2.22. The largest absolute Gasteiger partial charge is 0.497 e. The quantitative estimate of drug-likeness (QED) is 0.750. The summed E-state index contributed by atoms with van der Waals surface area (Å²) in [4.78, 5) is 16.3. The van der Waals surface area contributed by atoms with Crippen LogP contribution in [-0.4, -0.2) is 22.4 Å². The zero-order chi connectivity index (χ0) is 18.2. The average Bonchev–Trinajstić information content (AvgIpc) is 2.99. The van der Waals surface area contributed by atoms with Gasteiger partial charge in [-0.3, -0.25) is 4.79 Å². The van der Waals surface area contributed by atoms with Crippen molar-refractivity contribution >= 4 is 28.8 Å². The molecule has 2 heterocycles. The third-order valence-corrected chi connectivity index (χ3v) is 3.67. The third-order valence-electron chi connectivity index (χ3n) is 3.39. The van der Waals surface area contributed by atoms with E-state index in [-0.39, 0.29) is 16.4 Å². The Morgan fingerprint density at radius 2 is 2.04 bits per heavy atom. The Morgan fingerprint density at radius 3 is 2.72 bits per heavy atom. The predicted octanol–water partition coefficient (Wildman–Crippen LogP) is 4.27. The Labute approximate surface area is 145 Å². The zero-order valence-corrected chi connectivity index (χ0v) is 13.5. The van der Waals surface area contributed by atoms with Crippen molar-refractivity contribution in [3.8, 4) is 5.75 Å². The van der Waals surface area contributed by atoms with Crippen LogP contribution in [-0.2, 0) is 6.18 Å². The van der Waals surface area contributed by atoms with Gasteiger partial charge in [0.2, 0.25) is 0 Å². The highest BCUT2D eigenvalue weighted by atomic mass is 35.5. The number of imidazole rings is 1. The molecular weight excluding hydrogens is 359 g/mol. The molecular formula is C16H11ClF3N3O2. The molecule has 0 aliphatic rings. The second-order valence-corrected chi connectivity index (χ2v) is 5.52. The molecule has 0 atom stereocenters. The van der Waals surface area contributed by atoms with E-state index in [4.69, 9.17) is 16.3 Å². The first-order valence-corrected chi connectivity index (χ1v) is 7.36. The van der Waals surface area contributed by atoms with Crippen molar-refractivity contribution in [2.45, 2.75) is 6.18 Å². The van der Waals surface area contributed by atoms with Crippen LogP contribution in [0.2, 0.25) is 5.02 Å². The topological polar surface area (TPSA) is 55.6 Å². The number of nitrogens with zero attached hydrogens (tertiary/aromatic N) is 2. The van der Waals surface area contributed by atoms with Gasteiger partial charge in [-0.1, -0.05) is 17.7 Å².